The van der Waals surface area contributed by atoms with Crippen LogP contribution in [0.25, 0.3) is 11.3 Å². The molecule has 1 heterocycles. The fourth-order valence-corrected chi connectivity index (χ4v) is 2.15. The molecule has 6 heteroatoms. The van der Waals surface area contributed by atoms with Crippen LogP contribution in [0.15, 0.2) is 43.4 Å². The van der Waals surface area contributed by atoms with Crippen molar-refractivity contribution in [3.8, 4) is 11.3 Å². The Morgan fingerprint density at radius 3 is 2.71 bits per heavy atom. The molecule has 0 radical (unpaired) electrons. The highest BCUT2D eigenvalue weighted by Gasteiger charge is 2.15. The number of aromatic nitrogens is 1. The Morgan fingerprint density at radius 1 is 1.41 bits per heavy atom. The maximum Gasteiger partial charge on any atom is 0.176 e. The molecule has 4 nitrogen and oxygen atoms in total. The molecular weight excluding hydrogens is 304 g/mol. The maximum absolute atomic E-state index is 8.66. The van der Waals surface area contributed by atoms with Crippen LogP contribution in [-0.2, 0) is 0 Å². The highest BCUT2D eigenvalue weighted by molar-refractivity contribution is 9.10. The standard InChI is InChI=1S/C11H9BrN2O2S/c1-17-11-9(6-13-15)10(16-14-11)7-2-4-8(12)5-3-7/h2-6,15H,1H3/b13-6-. The monoisotopic (exact) mass is 312 g/mol. The molecule has 2 rings (SSSR count). The average Bonchev–Trinajstić information content (AvgIpc) is 2.74. The van der Waals surface area contributed by atoms with Crippen LogP contribution in [0, 0.1) is 0 Å². The molecule has 17 heavy (non-hydrogen) atoms. The zero-order valence-electron chi connectivity index (χ0n) is 8.92. The van der Waals surface area contributed by atoms with Crippen molar-refractivity contribution < 1.29 is 9.73 Å². The van der Waals surface area contributed by atoms with E-state index in [1.165, 1.54) is 18.0 Å². The van der Waals surface area contributed by atoms with Crippen molar-refractivity contribution >= 4 is 33.9 Å². The molecule has 0 spiro atoms. The van der Waals surface area contributed by atoms with Gasteiger partial charge in [0, 0.05) is 10.0 Å². The van der Waals surface area contributed by atoms with E-state index in [4.69, 9.17) is 9.73 Å². The van der Waals surface area contributed by atoms with Crippen molar-refractivity contribution in [1.29, 1.82) is 0 Å². The number of nitrogens with zero attached hydrogens (tertiary/aromatic N) is 2. The minimum Gasteiger partial charge on any atom is -0.411 e. The van der Waals surface area contributed by atoms with Crippen LogP contribution in [0.4, 0.5) is 0 Å². The predicted octanol–water partition coefficient (Wildman–Crippen LogP) is 3.63. The minimum absolute atomic E-state index is 0.597. The number of rotatable bonds is 3. The van der Waals surface area contributed by atoms with Crippen molar-refractivity contribution in [2.45, 2.75) is 5.03 Å². The van der Waals surface area contributed by atoms with E-state index >= 15 is 0 Å². The summed E-state index contributed by atoms with van der Waals surface area (Å²) in [7, 11) is 0. The summed E-state index contributed by atoms with van der Waals surface area (Å²) in [6.07, 6.45) is 3.22. The summed E-state index contributed by atoms with van der Waals surface area (Å²) in [4.78, 5) is 0. The molecule has 0 unspecified atom stereocenters. The number of halogens is 1. The zero-order chi connectivity index (χ0) is 12.3. The van der Waals surface area contributed by atoms with Gasteiger partial charge in [-0.1, -0.05) is 26.2 Å². The van der Waals surface area contributed by atoms with Crippen LogP contribution in [0.5, 0.6) is 0 Å². The molecule has 2 aromatic rings. The summed E-state index contributed by atoms with van der Waals surface area (Å²) in [6, 6.07) is 7.64. The third-order valence-electron chi connectivity index (χ3n) is 2.18. The van der Waals surface area contributed by atoms with Crippen molar-refractivity contribution in [3.63, 3.8) is 0 Å². The van der Waals surface area contributed by atoms with Gasteiger partial charge in [-0.3, -0.25) is 0 Å². The molecule has 1 N–H and O–H groups in total. The first kappa shape index (κ1) is 12.2. The first-order valence-electron chi connectivity index (χ1n) is 4.73. The smallest absolute Gasteiger partial charge is 0.176 e. The van der Waals surface area contributed by atoms with E-state index in [2.05, 4.69) is 26.2 Å². The van der Waals surface area contributed by atoms with Crippen molar-refractivity contribution in [2.24, 2.45) is 5.16 Å². The van der Waals surface area contributed by atoms with E-state index < -0.39 is 0 Å². The number of hydrogen-bond acceptors (Lipinski definition) is 5. The Labute approximate surface area is 111 Å². The van der Waals surface area contributed by atoms with Crippen LogP contribution in [0.2, 0.25) is 0 Å². The topological polar surface area (TPSA) is 58.6 Å². The van der Waals surface area contributed by atoms with E-state index in [-0.39, 0.29) is 0 Å². The summed E-state index contributed by atoms with van der Waals surface area (Å²) in [5.41, 5.74) is 1.57. The summed E-state index contributed by atoms with van der Waals surface area (Å²) < 4.78 is 6.27. The van der Waals surface area contributed by atoms with E-state index in [1.54, 1.807) is 0 Å². The zero-order valence-corrected chi connectivity index (χ0v) is 11.3. The van der Waals surface area contributed by atoms with E-state index in [9.17, 15) is 0 Å². The summed E-state index contributed by atoms with van der Waals surface area (Å²) in [5.74, 6) is 0.597. The number of benzene rings is 1. The highest BCUT2D eigenvalue weighted by atomic mass is 79.9. The summed E-state index contributed by atoms with van der Waals surface area (Å²) >= 11 is 4.81. The molecule has 0 atom stereocenters. The van der Waals surface area contributed by atoms with Gasteiger partial charge in [-0.05, 0) is 30.5 Å². The lowest BCUT2D eigenvalue weighted by molar-refractivity contribution is 0.321. The molecule has 0 bridgehead atoms. The fraction of sp³-hybridized carbons (Fsp3) is 0.0909. The second kappa shape index (κ2) is 5.37. The van der Waals surface area contributed by atoms with Crippen LogP contribution >= 0.6 is 27.7 Å². The number of oxime groups is 1. The number of thioether (sulfide) groups is 1. The highest BCUT2D eigenvalue weighted by Crippen LogP contribution is 2.30. The van der Waals surface area contributed by atoms with Crippen molar-refractivity contribution in [2.75, 3.05) is 6.26 Å². The predicted molar refractivity (Wildman–Crippen MR) is 70.8 cm³/mol. The maximum atomic E-state index is 8.66. The molecule has 1 aromatic carbocycles. The lowest BCUT2D eigenvalue weighted by Crippen LogP contribution is -1.85. The Morgan fingerprint density at radius 2 is 2.12 bits per heavy atom. The van der Waals surface area contributed by atoms with E-state index in [0.717, 1.165) is 10.0 Å². The minimum atomic E-state index is 0.597. The fourth-order valence-electron chi connectivity index (χ4n) is 1.41. The SMILES string of the molecule is CSc1noc(-c2ccc(Br)cc2)c1/C=N\O. The molecule has 1 aromatic heterocycles. The Balaban J connectivity index is 2.51. The molecule has 0 aliphatic heterocycles. The van der Waals surface area contributed by atoms with Crippen molar-refractivity contribution in [1.82, 2.24) is 5.16 Å². The summed E-state index contributed by atoms with van der Waals surface area (Å²) in [6.45, 7) is 0. The molecule has 0 aliphatic rings. The third kappa shape index (κ3) is 2.53. The van der Waals surface area contributed by atoms with Gasteiger partial charge in [0.15, 0.2) is 5.76 Å². The van der Waals surface area contributed by atoms with Crippen LogP contribution < -0.4 is 0 Å². The van der Waals surface area contributed by atoms with Crippen LogP contribution in [0.3, 0.4) is 0 Å². The van der Waals surface area contributed by atoms with Gasteiger partial charge in [0.05, 0.1) is 11.8 Å². The van der Waals surface area contributed by atoms with Gasteiger partial charge in [-0.25, -0.2) is 0 Å². The second-order valence-electron chi connectivity index (χ2n) is 3.19. The lowest BCUT2D eigenvalue weighted by Gasteiger charge is -1.97. The van der Waals surface area contributed by atoms with Gasteiger partial charge >= 0.3 is 0 Å². The molecule has 0 fully saturated rings. The largest absolute Gasteiger partial charge is 0.411 e. The molecule has 88 valence electrons. The first-order valence-corrected chi connectivity index (χ1v) is 6.75. The average molecular weight is 313 g/mol. The van der Waals surface area contributed by atoms with E-state index in [0.29, 0.717) is 16.3 Å². The third-order valence-corrected chi connectivity index (χ3v) is 3.39. The van der Waals surface area contributed by atoms with Gasteiger partial charge in [0.2, 0.25) is 0 Å². The molecule has 0 aliphatic carbocycles. The second-order valence-corrected chi connectivity index (χ2v) is 4.90. The van der Waals surface area contributed by atoms with Crippen molar-refractivity contribution in [3.05, 3.63) is 34.3 Å². The van der Waals surface area contributed by atoms with Crippen LogP contribution in [0.1, 0.15) is 5.56 Å². The Bertz CT molecular complexity index is 537. The van der Waals surface area contributed by atoms with Gasteiger partial charge in [-0.2, -0.15) is 0 Å². The van der Waals surface area contributed by atoms with Gasteiger partial charge < -0.3 is 9.73 Å². The van der Waals surface area contributed by atoms with Crippen LogP contribution in [-0.4, -0.2) is 22.8 Å². The molecule has 0 amide bonds. The Kier molecular flexibility index (Phi) is 3.86. The molecule has 0 saturated heterocycles. The quantitative estimate of drug-likeness (QED) is 0.407. The van der Waals surface area contributed by atoms with Gasteiger partial charge in [-0.15, -0.1) is 11.8 Å². The molecule has 0 saturated carbocycles. The summed E-state index contributed by atoms with van der Waals surface area (Å²) in [5, 5.41) is 16.3. The van der Waals surface area contributed by atoms with E-state index in [1.807, 2.05) is 30.5 Å². The normalized spacial score (nSPS) is 11.2. The number of hydrogen-bond donors (Lipinski definition) is 1. The van der Waals surface area contributed by atoms with Gasteiger partial charge in [0.1, 0.15) is 5.03 Å². The molecular formula is C11H9BrN2O2S. The first-order chi connectivity index (χ1) is 8.26. The Hall–Kier alpha value is -1.27. The lowest BCUT2D eigenvalue weighted by atomic mass is 10.1. The van der Waals surface area contributed by atoms with Gasteiger partial charge in [0.25, 0.3) is 0 Å².